The van der Waals surface area contributed by atoms with Crippen LogP contribution in [0.5, 0.6) is 5.75 Å². The van der Waals surface area contributed by atoms with Crippen LogP contribution in [0.1, 0.15) is 16.2 Å². The standard InChI is InChI=1S/C16H17F2N3O5S/c1-11-10-13(26-19-11)15(22)20-6-8-21(9-7-20)27(23,24)14-5-3-2-4-12(14)25-16(17)18/h2-5,10,16H,6-9H2,1H3. The predicted molar refractivity (Wildman–Crippen MR) is 89.0 cm³/mol. The molecule has 0 atom stereocenters. The quantitative estimate of drug-likeness (QED) is 0.758. The molecule has 0 spiro atoms. The highest BCUT2D eigenvalue weighted by Gasteiger charge is 2.33. The van der Waals surface area contributed by atoms with E-state index in [-0.39, 0.29) is 42.7 Å². The Labute approximate surface area is 154 Å². The topological polar surface area (TPSA) is 93.0 Å². The van der Waals surface area contributed by atoms with Gasteiger partial charge in [0.05, 0.1) is 5.69 Å². The minimum Gasteiger partial charge on any atom is -0.433 e. The number of benzene rings is 1. The van der Waals surface area contributed by atoms with Crippen molar-refractivity contribution in [2.45, 2.75) is 18.4 Å². The fourth-order valence-corrected chi connectivity index (χ4v) is 4.29. The van der Waals surface area contributed by atoms with E-state index in [4.69, 9.17) is 4.52 Å². The van der Waals surface area contributed by atoms with Gasteiger partial charge in [-0.05, 0) is 19.1 Å². The van der Waals surface area contributed by atoms with E-state index in [9.17, 15) is 22.0 Å². The molecule has 0 saturated carbocycles. The fraction of sp³-hybridized carbons (Fsp3) is 0.375. The number of aryl methyl sites for hydroxylation is 1. The van der Waals surface area contributed by atoms with Crippen LogP contribution in [0, 0.1) is 6.92 Å². The molecule has 1 amide bonds. The van der Waals surface area contributed by atoms with Crippen molar-refractivity contribution in [3.05, 3.63) is 41.8 Å². The lowest BCUT2D eigenvalue weighted by Crippen LogP contribution is -2.50. The van der Waals surface area contributed by atoms with E-state index in [1.807, 2.05) is 0 Å². The van der Waals surface area contributed by atoms with Crippen LogP contribution in [-0.2, 0) is 10.0 Å². The third-order valence-electron chi connectivity index (χ3n) is 4.05. The van der Waals surface area contributed by atoms with Crippen molar-refractivity contribution in [1.29, 1.82) is 0 Å². The Hall–Kier alpha value is -2.53. The first-order valence-electron chi connectivity index (χ1n) is 8.05. The van der Waals surface area contributed by atoms with Gasteiger partial charge in [0.15, 0.2) is 0 Å². The molecule has 146 valence electrons. The number of hydrogen-bond donors (Lipinski definition) is 0. The molecule has 1 saturated heterocycles. The molecule has 0 N–H and O–H groups in total. The molecule has 27 heavy (non-hydrogen) atoms. The van der Waals surface area contributed by atoms with E-state index >= 15 is 0 Å². The number of piperazine rings is 1. The summed E-state index contributed by atoms with van der Waals surface area (Å²) in [6, 6.07) is 6.72. The smallest absolute Gasteiger partial charge is 0.387 e. The number of sulfonamides is 1. The highest BCUT2D eigenvalue weighted by Crippen LogP contribution is 2.28. The number of nitrogens with zero attached hydrogens (tertiary/aromatic N) is 3. The van der Waals surface area contributed by atoms with Crippen LogP contribution in [0.25, 0.3) is 0 Å². The molecule has 0 unspecified atom stereocenters. The summed E-state index contributed by atoms with van der Waals surface area (Å²) in [5.41, 5.74) is 0.565. The Morgan fingerprint density at radius 2 is 1.89 bits per heavy atom. The zero-order valence-electron chi connectivity index (χ0n) is 14.3. The predicted octanol–water partition coefficient (Wildman–Crippen LogP) is 1.73. The number of alkyl halides is 2. The molecular formula is C16H17F2N3O5S. The second-order valence-corrected chi connectivity index (χ2v) is 7.76. The van der Waals surface area contributed by atoms with Crippen molar-refractivity contribution in [3.8, 4) is 5.75 Å². The number of halogens is 2. The maximum Gasteiger partial charge on any atom is 0.387 e. The van der Waals surface area contributed by atoms with Crippen LogP contribution in [0.4, 0.5) is 8.78 Å². The van der Waals surface area contributed by atoms with Crippen LogP contribution in [0.3, 0.4) is 0 Å². The summed E-state index contributed by atoms with van der Waals surface area (Å²) in [7, 11) is -4.05. The third-order valence-corrected chi connectivity index (χ3v) is 5.99. The average Bonchev–Trinajstić information content (AvgIpc) is 3.07. The van der Waals surface area contributed by atoms with Gasteiger partial charge in [0.1, 0.15) is 10.6 Å². The minimum atomic E-state index is -4.05. The SMILES string of the molecule is Cc1cc(C(=O)N2CCN(S(=O)(=O)c3ccccc3OC(F)F)CC2)on1. The zero-order valence-corrected chi connectivity index (χ0v) is 15.2. The van der Waals surface area contributed by atoms with Gasteiger partial charge in [-0.2, -0.15) is 13.1 Å². The van der Waals surface area contributed by atoms with Gasteiger partial charge in [-0.1, -0.05) is 17.3 Å². The molecule has 1 aromatic carbocycles. The molecule has 0 radical (unpaired) electrons. The first kappa shape index (κ1) is 19.2. The van der Waals surface area contributed by atoms with Gasteiger partial charge >= 0.3 is 6.61 Å². The Balaban J connectivity index is 1.73. The van der Waals surface area contributed by atoms with Crippen molar-refractivity contribution < 1.29 is 31.3 Å². The Morgan fingerprint density at radius 1 is 1.22 bits per heavy atom. The highest BCUT2D eigenvalue weighted by atomic mass is 32.2. The van der Waals surface area contributed by atoms with Crippen molar-refractivity contribution >= 4 is 15.9 Å². The highest BCUT2D eigenvalue weighted by molar-refractivity contribution is 7.89. The van der Waals surface area contributed by atoms with Crippen LogP contribution < -0.4 is 4.74 Å². The maximum absolute atomic E-state index is 12.8. The van der Waals surface area contributed by atoms with Crippen LogP contribution in [-0.4, -0.2) is 61.5 Å². The number of ether oxygens (including phenoxy) is 1. The molecule has 0 bridgehead atoms. The maximum atomic E-state index is 12.8. The van der Waals surface area contributed by atoms with Gasteiger partial charge in [0.25, 0.3) is 5.91 Å². The number of carbonyl (C=O) groups is 1. The zero-order chi connectivity index (χ0) is 19.6. The number of rotatable bonds is 5. The largest absolute Gasteiger partial charge is 0.433 e. The fourth-order valence-electron chi connectivity index (χ4n) is 2.75. The number of amides is 1. The second-order valence-electron chi connectivity index (χ2n) is 5.85. The molecule has 2 heterocycles. The Morgan fingerprint density at radius 3 is 2.48 bits per heavy atom. The first-order chi connectivity index (χ1) is 12.8. The minimum absolute atomic E-state index is 0.0181. The van der Waals surface area contributed by atoms with Gasteiger partial charge in [-0.25, -0.2) is 8.42 Å². The van der Waals surface area contributed by atoms with Gasteiger partial charge in [0.2, 0.25) is 15.8 Å². The second kappa shape index (κ2) is 7.61. The Bertz CT molecular complexity index is 924. The number of hydrogen-bond acceptors (Lipinski definition) is 6. The molecular weight excluding hydrogens is 384 g/mol. The average molecular weight is 401 g/mol. The Kier molecular flexibility index (Phi) is 5.42. The van der Waals surface area contributed by atoms with E-state index < -0.39 is 22.4 Å². The number of aromatic nitrogens is 1. The molecule has 3 rings (SSSR count). The number of para-hydroxylation sites is 1. The van der Waals surface area contributed by atoms with E-state index in [0.717, 1.165) is 4.31 Å². The van der Waals surface area contributed by atoms with Gasteiger partial charge < -0.3 is 14.2 Å². The summed E-state index contributed by atoms with van der Waals surface area (Å²) >= 11 is 0. The molecule has 8 nitrogen and oxygen atoms in total. The molecule has 11 heteroatoms. The van der Waals surface area contributed by atoms with Gasteiger partial charge in [-0.15, -0.1) is 0 Å². The van der Waals surface area contributed by atoms with Crippen molar-refractivity contribution in [2.24, 2.45) is 0 Å². The summed E-state index contributed by atoms with van der Waals surface area (Å²) < 4.78 is 61.1. The number of carbonyl (C=O) groups excluding carboxylic acids is 1. The summed E-state index contributed by atoms with van der Waals surface area (Å²) in [6.07, 6.45) is 0. The van der Waals surface area contributed by atoms with Gasteiger partial charge in [0, 0.05) is 32.2 Å². The van der Waals surface area contributed by atoms with E-state index in [0.29, 0.717) is 5.69 Å². The summed E-state index contributed by atoms with van der Waals surface area (Å²) in [5, 5.41) is 3.66. The molecule has 1 aliphatic rings. The van der Waals surface area contributed by atoms with Crippen molar-refractivity contribution in [2.75, 3.05) is 26.2 Å². The lowest BCUT2D eigenvalue weighted by Gasteiger charge is -2.33. The summed E-state index contributed by atoms with van der Waals surface area (Å²) in [6.45, 7) is -1.15. The summed E-state index contributed by atoms with van der Waals surface area (Å²) in [4.78, 5) is 13.5. The molecule has 0 aliphatic carbocycles. The molecule has 1 fully saturated rings. The van der Waals surface area contributed by atoms with E-state index in [1.54, 1.807) is 6.92 Å². The summed E-state index contributed by atoms with van der Waals surface area (Å²) in [5.74, 6) is -0.711. The molecule has 2 aromatic rings. The van der Waals surface area contributed by atoms with E-state index in [1.165, 1.54) is 35.2 Å². The van der Waals surface area contributed by atoms with Crippen LogP contribution in [0.15, 0.2) is 39.8 Å². The van der Waals surface area contributed by atoms with Gasteiger partial charge in [-0.3, -0.25) is 4.79 Å². The molecule has 1 aromatic heterocycles. The third kappa shape index (κ3) is 4.08. The van der Waals surface area contributed by atoms with Crippen LogP contribution in [0.2, 0.25) is 0 Å². The monoisotopic (exact) mass is 401 g/mol. The first-order valence-corrected chi connectivity index (χ1v) is 9.49. The van der Waals surface area contributed by atoms with E-state index in [2.05, 4.69) is 9.89 Å². The molecule has 1 aliphatic heterocycles. The van der Waals surface area contributed by atoms with Crippen molar-refractivity contribution in [3.63, 3.8) is 0 Å². The van der Waals surface area contributed by atoms with Crippen LogP contribution >= 0.6 is 0 Å². The normalized spacial score (nSPS) is 15.9. The lowest BCUT2D eigenvalue weighted by molar-refractivity contribution is -0.0518. The van der Waals surface area contributed by atoms with Crippen molar-refractivity contribution in [1.82, 2.24) is 14.4 Å². The lowest BCUT2D eigenvalue weighted by atomic mass is 10.3.